The zero-order valence-electron chi connectivity index (χ0n) is 6.17. The fourth-order valence-corrected chi connectivity index (χ4v) is 2.50. The van der Waals surface area contributed by atoms with Crippen molar-refractivity contribution in [3.8, 4) is 0 Å². The SMILES string of the molecule is CC1Cc2nc(Cl)ccc2S1. The van der Waals surface area contributed by atoms with Gasteiger partial charge in [-0.05, 0) is 12.1 Å². The zero-order chi connectivity index (χ0) is 7.84. The first-order chi connectivity index (χ1) is 5.25. The van der Waals surface area contributed by atoms with Crippen LogP contribution in [0.1, 0.15) is 12.6 Å². The number of halogens is 1. The van der Waals surface area contributed by atoms with Crippen LogP contribution in [0.25, 0.3) is 0 Å². The van der Waals surface area contributed by atoms with E-state index in [0.29, 0.717) is 10.4 Å². The molecule has 0 saturated carbocycles. The topological polar surface area (TPSA) is 12.9 Å². The number of pyridine rings is 1. The maximum absolute atomic E-state index is 5.75. The van der Waals surface area contributed by atoms with E-state index in [9.17, 15) is 0 Å². The van der Waals surface area contributed by atoms with Crippen molar-refractivity contribution >= 4 is 23.4 Å². The lowest BCUT2D eigenvalue weighted by Gasteiger charge is -1.94. The summed E-state index contributed by atoms with van der Waals surface area (Å²) in [5, 5.41) is 1.27. The summed E-state index contributed by atoms with van der Waals surface area (Å²) in [5.41, 5.74) is 1.16. The summed E-state index contributed by atoms with van der Waals surface area (Å²) >= 11 is 7.63. The summed E-state index contributed by atoms with van der Waals surface area (Å²) in [7, 11) is 0. The van der Waals surface area contributed by atoms with Gasteiger partial charge >= 0.3 is 0 Å². The number of hydrogen-bond acceptors (Lipinski definition) is 2. The molecule has 0 bridgehead atoms. The van der Waals surface area contributed by atoms with Crippen molar-refractivity contribution in [3.05, 3.63) is 23.0 Å². The smallest absolute Gasteiger partial charge is 0.129 e. The summed E-state index contributed by atoms with van der Waals surface area (Å²) in [6.07, 6.45) is 1.06. The van der Waals surface area contributed by atoms with Gasteiger partial charge in [0.1, 0.15) is 5.15 Å². The van der Waals surface area contributed by atoms with Crippen molar-refractivity contribution in [2.45, 2.75) is 23.5 Å². The van der Waals surface area contributed by atoms with E-state index in [1.807, 2.05) is 17.8 Å². The predicted molar refractivity (Wildman–Crippen MR) is 48.3 cm³/mol. The lowest BCUT2D eigenvalue weighted by atomic mass is 10.2. The summed E-state index contributed by atoms with van der Waals surface area (Å²) in [4.78, 5) is 5.54. The molecule has 1 atom stereocenters. The molecule has 0 fully saturated rings. The number of thioether (sulfide) groups is 1. The summed E-state index contributed by atoms with van der Waals surface area (Å²) in [6, 6.07) is 3.91. The molecule has 0 saturated heterocycles. The highest BCUT2D eigenvalue weighted by molar-refractivity contribution is 8.00. The Morgan fingerprint density at radius 1 is 1.64 bits per heavy atom. The lowest BCUT2D eigenvalue weighted by molar-refractivity contribution is 0.911. The quantitative estimate of drug-likeness (QED) is 0.577. The van der Waals surface area contributed by atoms with Crippen LogP contribution < -0.4 is 0 Å². The Hall–Kier alpha value is -0.210. The second-order valence-corrected chi connectivity index (χ2v) is 4.58. The maximum Gasteiger partial charge on any atom is 0.129 e. The molecule has 1 aromatic rings. The van der Waals surface area contributed by atoms with Crippen molar-refractivity contribution < 1.29 is 0 Å². The van der Waals surface area contributed by atoms with E-state index in [4.69, 9.17) is 11.6 Å². The molecule has 0 amide bonds. The van der Waals surface area contributed by atoms with Crippen LogP contribution >= 0.6 is 23.4 Å². The highest BCUT2D eigenvalue weighted by atomic mass is 35.5. The molecule has 1 unspecified atom stereocenters. The summed E-state index contributed by atoms with van der Waals surface area (Å²) < 4.78 is 0. The van der Waals surface area contributed by atoms with E-state index in [2.05, 4.69) is 18.0 Å². The molecule has 1 nitrogen and oxygen atoms in total. The normalized spacial score (nSPS) is 21.8. The molecule has 0 aliphatic carbocycles. The Kier molecular flexibility index (Phi) is 1.81. The first kappa shape index (κ1) is 7.44. The number of nitrogens with zero attached hydrogens (tertiary/aromatic N) is 1. The molecule has 2 heterocycles. The third kappa shape index (κ3) is 1.37. The van der Waals surface area contributed by atoms with Crippen molar-refractivity contribution in [1.82, 2.24) is 4.98 Å². The minimum absolute atomic E-state index is 0.610. The van der Waals surface area contributed by atoms with Gasteiger partial charge in [-0.2, -0.15) is 0 Å². The Morgan fingerprint density at radius 3 is 3.27 bits per heavy atom. The minimum atomic E-state index is 0.610. The number of rotatable bonds is 0. The van der Waals surface area contributed by atoms with Crippen LogP contribution in [0.15, 0.2) is 17.0 Å². The average molecular weight is 186 g/mol. The van der Waals surface area contributed by atoms with Gasteiger partial charge in [-0.1, -0.05) is 18.5 Å². The standard InChI is InChI=1S/C8H8ClNS/c1-5-4-6-7(11-5)2-3-8(9)10-6/h2-3,5H,4H2,1H3. The zero-order valence-corrected chi connectivity index (χ0v) is 7.75. The van der Waals surface area contributed by atoms with E-state index in [0.717, 1.165) is 12.1 Å². The van der Waals surface area contributed by atoms with Gasteiger partial charge in [0, 0.05) is 16.6 Å². The van der Waals surface area contributed by atoms with Crippen LogP contribution in [-0.2, 0) is 6.42 Å². The van der Waals surface area contributed by atoms with E-state index >= 15 is 0 Å². The molecule has 2 rings (SSSR count). The van der Waals surface area contributed by atoms with E-state index in [1.165, 1.54) is 4.90 Å². The van der Waals surface area contributed by atoms with Crippen LogP contribution in [0.4, 0.5) is 0 Å². The third-order valence-electron chi connectivity index (χ3n) is 1.71. The second kappa shape index (κ2) is 2.68. The minimum Gasteiger partial charge on any atom is -0.240 e. The molecule has 1 aliphatic rings. The van der Waals surface area contributed by atoms with Crippen LogP contribution in [0.3, 0.4) is 0 Å². The molecule has 1 aromatic heterocycles. The fraction of sp³-hybridized carbons (Fsp3) is 0.375. The highest BCUT2D eigenvalue weighted by Crippen LogP contribution is 2.35. The van der Waals surface area contributed by atoms with Gasteiger partial charge in [0.2, 0.25) is 0 Å². The van der Waals surface area contributed by atoms with E-state index in [1.54, 1.807) is 0 Å². The van der Waals surface area contributed by atoms with Gasteiger partial charge in [0.05, 0.1) is 5.69 Å². The van der Waals surface area contributed by atoms with Crippen molar-refractivity contribution in [2.75, 3.05) is 0 Å². The first-order valence-electron chi connectivity index (χ1n) is 3.58. The molecule has 0 radical (unpaired) electrons. The lowest BCUT2D eigenvalue weighted by Crippen LogP contribution is -1.93. The van der Waals surface area contributed by atoms with Gasteiger partial charge in [-0.25, -0.2) is 4.98 Å². The number of hydrogen-bond donors (Lipinski definition) is 0. The van der Waals surface area contributed by atoms with E-state index < -0.39 is 0 Å². The van der Waals surface area contributed by atoms with Crippen LogP contribution in [-0.4, -0.2) is 10.2 Å². The van der Waals surface area contributed by atoms with Crippen LogP contribution in [0, 0.1) is 0 Å². The first-order valence-corrected chi connectivity index (χ1v) is 4.83. The Morgan fingerprint density at radius 2 is 2.45 bits per heavy atom. The molecule has 0 N–H and O–H groups in total. The Bertz CT molecular complexity index is 287. The molecule has 0 spiro atoms. The Labute approximate surface area is 75.2 Å². The van der Waals surface area contributed by atoms with Gasteiger partial charge in [-0.3, -0.25) is 0 Å². The molecular weight excluding hydrogens is 178 g/mol. The molecule has 3 heteroatoms. The summed E-state index contributed by atoms with van der Waals surface area (Å²) in [5.74, 6) is 0. The fourth-order valence-electron chi connectivity index (χ4n) is 1.25. The molecule has 58 valence electrons. The van der Waals surface area contributed by atoms with Gasteiger partial charge < -0.3 is 0 Å². The van der Waals surface area contributed by atoms with Gasteiger partial charge in [0.15, 0.2) is 0 Å². The van der Waals surface area contributed by atoms with E-state index in [-0.39, 0.29) is 0 Å². The van der Waals surface area contributed by atoms with Crippen LogP contribution in [0.2, 0.25) is 5.15 Å². The number of aromatic nitrogens is 1. The predicted octanol–water partition coefficient (Wildman–Crippen LogP) is 2.77. The molecule has 11 heavy (non-hydrogen) atoms. The second-order valence-electron chi connectivity index (χ2n) is 2.71. The number of fused-ring (bicyclic) bond motifs is 1. The van der Waals surface area contributed by atoms with Crippen molar-refractivity contribution in [3.63, 3.8) is 0 Å². The third-order valence-corrected chi connectivity index (χ3v) is 3.11. The van der Waals surface area contributed by atoms with Crippen molar-refractivity contribution in [1.29, 1.82) is 0 Å². The summed E-state index contributed by atoms with van der Waals surface area (Å²) in [6.45, 7) is 2.21. The largest absolute Gasteiger partial charge is 0.240 e. The molecule has 1 aliphatic heterocycles. The molecular formula is C8H8ClNS. The average Bonchev–Trinajstić information content (AvgIpc) is 2.27. The van der Waals surface area contributed by atoms with Gasteiger partial charge in [-0.15, -0.1) is 11.8 Å². The molecule has 0 aromatic carbocycles. The maximum atomic E-state index is 5.75. The van der Waals surface area contributed by atoms with Gasteiger partial charge in [0.25, 0.3) is 0 Å². The Balaban J connectivity index is 2.43. The van der Waals surface area contributed by atoms with Crippen LogP contribution in [0.5, 0.6) is 0 Å². The monoisotopic (exact) mass is 185 g/mol. The van der Waals surface area contributed by atoms with Crippen molar-refractivity contribution in [2.24, 2.45) is 0 Å². The highest BCUT2D eigenvalue weighted by Gasteiger charge is 2.19.